The molecule has 6 nitrogen and oxygen atoms in total. The highest BCUT2D eigenvalue weighted by molar-refractivity contribution is 7.99. The molecular weight excluding hydrogens is 382 g/mol. The van der Waals surface area contributed by atoms with Gasteiger partial charge in [-0.05, 0) is 45.4 Å². The predicted molar refractivity (Wildman–Crippen MR) is 110 cm³/mol. The zero-order valence-electron chi connectivity index (χ0n) is 15.9. The van der Waals surface area contributed by atoms with E-state index < -0.39 is 0 Å². The lowest BCUT2D eigenvalue weighted by Gasteiger charge is -2.18. The molecule has 0 bridgehead atoms. The van der Waals surface area contributed by atoms with E-state index in [1.807, 2.05) is 33.8 Å². The fourth-order valence-electron chi connectivity index (χ4n) is 2.91. The third-order valence-corrected chi connectivity index (χ3v) is 6.65. The van der Waals surface area contributed by atoms with Gasteiger partial charge in [0.05, 0.1) is 23.9 Å². The minimum absolute atomic E-state index is 0.0439. The van der Waals surface area contributed by atoms with Crippen LogP contribution in [0.25, 0.3) is 10.2 Å². The van der Waals surface area contributed by atoms with Crippen LogP contribution < -0.4 is 5.56 Å². The van der Waals surface area contributed by atoms with E-state index in [0.717, 1.165) is 15.3 Å². The van der Waals surface area contributed by atoms with Crippen LogP contribution in [0.1, 0.15) is 30.0 Å². The molecule has 144 valence electrons. The summed E-state index contributed by atoms with van der Waals surface area (Å²) in [6.45, 7) is 9.50. The van der Waals surface area contributed by atoms with E-state index >= 15 is 0 Å². The number of rotatable bonds is 7. The molecule has 3 aromatic heterocycles. The van der Waals surface area contributed by atoms with Gasteiger partial charge < -0.3 is 9.32 Å². The van der Waals surface area contributed by atoms with Crippen molar-refractivity contribution in [3.63, 3.8) is 0 Å². The molecule has 8 heteroatoms. The molecule has 0 aliphatic rings. The van der Waals surface area contributed by atoms with E-state index in [-0.39, 0.29) is 17.2 Å². The molecule has 1 amide bonds. The first-order valence-electron chi connectivity index (χ1n) is 8.89. The Kier molecular flexibility index (Phi) is 6.06. The maximum atomic E-state index is 13.2. The number of thiophene rings is 1. The van der Waals surface area contributed by atoms with E-state index in [9.17, 15) is 9.59 Å². The molecule has 0 fully saturated rings. The van der Waals surface area contributed by atoms with Crippen molar-refractivity contribution in [2.75, 3.05) is 18.8 Å². The normalized spacial score (nSPS) is 11.3. The van der Waals surface area contributed by atoms with Gasteiger partial charge in [0.2, 0.25) is 5.91 Å². The van der Waals surface area contributed by atoms with Crippen LogP contribution in [-0.2, 0) is 11.3 Å². The SMILES string of the molecule is CCN(CC)C(=O)CSc1nc2sc(C)c(C)c2c(=O)n1Cc1ccco1. The summed E-state index contributed by atoms with van der Waals surface area (Å²) in [5.41, 5.74) is 0.882. The average Bonchev–Trinajstić information content (AvgIpc) is 3.25. The first kappa shape index (κ1) is 19.7. The van der Waals surface area contributed by atoms with Gasteiger partial charge in [0.15, 0.2) is 5.16 Å². The Hall–Kier alpha value is -2.06. The number of aryl methyl sites for hydroxylation is 2. The number of hydrogen-bond acceptors (Lipinski definition) is 6. The molecule has 0 atom stereocenters. The second-order valence-corrected chi connectivity index (χ2v) is 8.33. The highest BCUT2D eigenvalue weighted by Gasteiger charge is 2.19. The van der Waals surface area contributed by atoms with Crippen molar-refractivity contribution in [3.8, 4) is 0 Å². The molecular formula is C19H23N3O3S2. The summed E-state index contributed by atoms with van der Waals surface area (Å²) in [4.78, 5) is 33.9. The average molecular weight is 406 g/mol. The zero-order chi connectivity index (χ0) is 19.6. The molecule has 0 spiro atoms. The molecule has 0 radical (unpaired) electrons. The van der Waals surface area contributed by atoms with E-state index in [0.29, 0.717) is 35.9 Å². The van der Waals surface area contributed by atoms with Crippen molar-refractivity contribution in [1.82, 2.24) is 14.5 Å². The van der Waals surface area contributed by atoms with Crippen molar-refractivity contribution in [2.24, 2.45) is 0 Å². The highest BCUT2D eigenvalue weighted by Crippen LogP contribution is 2.28. The number of nitrogens with zero attached hydrogens (tertiary/aromatic N) is 3. The molecule has 0 aliphatic carbocycles. The molecule has 3 rings (SSSR count). The smallest absolute Gasteiger partial charge is 0.263 e. The number of amides is 1. The lowest BCUT2D eigenvalue weighted by Crippen LogP contribution is -2.32. The molecule has 0 saturated heterocycles. The largest absolute Gasteiger partial charge is 0.467 e. The van der Waals surface area contributed by atoms with Crippen LogP contribution in [0.3, 0.4) is 0 Å². The van der Waals surface area contributed by atoms with Crippen molar-refractivity contribution < 1.29 is 9.21 Å². The summed E-state index contributed by atoms with van der Waals surface area (Å²) in [6, 6.07) is 3.63. The molecule has 0 aromatic carbocycles. The number of carbonyl (C=O) groups is 1. The van der Waals surface area contributed by atoms with Crippen molar-refractivity contribution >= 4 is 39.2 Å². The third-order valence-electron chi connectivity index (χ3n) is 4.59. The van der Waals surface area contributed by atoms with Gasteiger partial charge in [0.25, 0.3) is 5.56 Å². The Balaban J connectivity index is 2.01. The van der Waals surface area contributed by atoms with E-state index in [1.54, 1.807) is 21.8 Å². The minimum atomic E-state index is -0.0870. The summed E-state index contributed by atoms with van der Waals surface area (Å²) in [5, 5.41) is 1.20. The molecule has 3 heterocycles. The van der Waals surface area contributed by atoms with Crippen LogP contribution in [0.15, 0.2) is 32.8 Å². The molecule has 0 saturated carbocycles. The van der Waals surface area contributed by atoms with Crippen LogP contribution in [0, 0.1) is 13.8 Å². The minimum Gasteiger partial charge on any atom is -0.467 e. The Morgan fingerprint density at radius 1 is 1.33 bits per heavy atom. The number of thioether (sulfide) groups is 1. The van der Waals surface area contributed by atoms with Gasteiger partial charge in [-0.1, -0.05) is 11.8 Å². The van der Waals surface area contributed by atoms with E-state index in [4.69, 9.17) is 9.40 Å². The number of hydrogen-bond donors (Lipinski definition) is 0. The predicted octanol–water partition coefficient (Wildman–Crippen LogP) is 3.68. The standard InChI is InChI=1S/C19H23N3O3S2/c1-5-21(6-2)15(23)11-26-19-20-17-16(12(3)13(4)27-17)18(24)22(19)10-14-8-7-9-25-14/h7-9H,5-6,10-11H2,1-4H3. The monoisotopic (exact) mass is 405 g/mol. The van der Waals surface area contributed by atoms with Crippen LogP contribution in [0.4, 0.5) is 0 Å². The molecule has 27 heavy (non-hydrogen) atoms. The van der Waals surface area contributed by atoms with Crippen molar-refractivity contribution in [3.05, 3.63) is 45.0 Å². The second-order valence-electron chi connectivity index (χ2n) is 6.18. The topological polar surface area (TPSA) is 68.3 Å². The third kappa shape index (κ3) is 3.96. The first-order chi connectivity index (χ1) is 13.0. The Morgan fingerprint density at radius 3 is 2.70 bits per heavy atom. The lowest BCUT2D eigenvalue weighted by atomic mass is 10.2. The quantitative estimate of drug-likeness (QED) is 0.443. The zero-order valence-corrected chi connectivity index (χ0v) is 17.6. The second kappa shape index (κ2) is 8.31. The lowest BCUT2D eigenvalue weighted by molar-refractivity contribution is -0.127. The Morgan fingerprint density at radius 2 is 2.07 bits per heavy atom. The fraction of sp³-hybridized carbons (Fsp3) is 0.421. The molecule has 0 unspecified atom stereocenters. The number of aromatic nitrogens is 2. The van der Waals surface area contributed by atoms with Gasteiger partial charge >= 0.3 is 0 Å². The van der Waals surface area contributed by atoms with Gasteiger partial charge in [-0.25, -0.2) is 4.98 Å². The first-order valence-corrected chi connectivity index (χ1v) is 10.7. The number of carbonyl (C=O) groups excluding carboxylic acids is 1. The van der Waals surface area contributed by atoms with E-state index in [1.165, 1.54) is 23.1 Å². The number of fused-ring (bicyclic) bond motifs is 1. The highest BCUT2D eigenvalue weighted by atomic mass is 32.2. The Labute approximate surface area is 166 Å². The summed E-state index contributed by atoms with van der Waals surface area (Å²) < 4.78 is 7.04. The van der Waals surface area contributed by atoms with Gasteiger partial charge in [-0.15, -0.1) is 11.3 Å². The van der Waals surface area contributed by atoms with Gasteiger partial charge in [0.1, 0.15) is 10.6 Å². The van der Waals surface area contributed by atoms with Crippen LogP contribution in [-0.4, -0.2) is 39.2 Å². The van der Waals surface area contributed by atoms with Crippen LogP contribution in [0.2, 0.25) is 0 Å². The maximum Gasteiger partial charge on any atom is 0.263 e. The molecule has 3 aromatic rings. The summed E-state index contributed by atoms with van der Waals surface area (Å²) in [6.07, 6.45) is 1.59. The van der Waals surface area contributed by atoms with Crippen molar-refractivity contribution in [1.29, 1.82) is 0 Å². The van der Waals surface area contributed by atoms with Crippen LogP contribution >= 0.6 is 23.1 Å². The van der Waals surface area contributed by atoms with Gasteiger partial charge in [-0.2, -0.15) is 0 Å². The van der Waals surface area contributed by atoms with Crippen LogP contribution in [0.5, 0.6) is 0 Å². The summed E-state index contributed by atoms with van der Waals surface area (Å²) in [5.74, 6) is 0.975. The summed E-state index contributed by atoms with van der Waals surface area (Å²) in [7, 11) is 0. The molecule has 0 aliphatic heterocycles. The fourth-order valence-corrected chi connectivity index (χ4v) is 4.88. The summed E-state index contributed by atoms with van der Waals surface area (Å²) >= 11 is 2.82. The maximum absolute atomic E-state index is 13.2. The number of furan rings is 1. The van der Waals surface area contributed by atoms with Gasteiger partial charge in [-0.3, -0.25) is 14.2 Å². The van der Waals surface area contributed by atoms with E-state index in [2.05, 4.69) is 0 Å². The van der Waals surface area contributed by atoms with Crippen molar-refractivity contribution in [2.45, 2.75) is 39.4 Å². The molecule has 0 N–H and O–H groups in total. The van der Waals surface area contributed by atoms with Gasteiger partial charge in [0, 0.05) is 18.0 Å². The Bertz CT molecular complexity index is 1000.